The predicted octanol–water partition coefficient (Wildman–Crippen LogP) is 4.32. The molecule has 2 aromatic carbocycles. The van der Waals surface area contributed by atoms with Gasteiger partial charge >= 0.3 is 5.97 Å². The van der Waals surface area contributed by atoms with E-state index in [-0.39, 0.29) is 5.97 Å². The first kappa shape index (κ1) is 16.3. The lowest BCUT2D eigenvalue weighted by Gasteiger charge is -2.24. The van der Waals surface area contributed by atoms with Crippen molar-refractivity contribution in [2.75, 3.05) is 13.1 Å². The van der Waals surface area contributed by atoms with Gasteiger partial charge in [-0.25, -0.2) is 4.79 Å². The maximum atomic E-state index is 12.8. The third-order valence-electron chi connectivity index (χ3n) is 4.36. The zero-order chi connectivity index (χ0) is 16.8. The van der Waals surface area contributed by atoms with Gasteiger partial charge in [-0.1, -0.05) is 66.7 Å². The fourth-order valence-electron chi connectivity index (χ4n) is 3.14. The minimum absolute atomic E-state index is 0.253. The number of carbonyl (C=O) groups excluding carboxylic acids is 1. The van der Waals surface area contributed by atoms with Gasteiger partial charge in [0.15, 0.2) is 6.10 Å². The van der Waals surface area contributed by atoms with Crippen molar-refractivity contribution >= 4 is 5.97 Å². The van der Waals surface area contributed by atoms with E-state index in [1.54, 1.807) is 0 Å². The number of likely N-dealkylation sites (tertiary alicyclic amines) is 1. The number of ether oxygens (including phenoxy) is 1. The normalized spacial score (nSPS) is 14.9. The number of benzene rings is 2. The smallest absolute Gasteiger partial charge is 0.355 e. The number of allylic oxidation sites excluding steroid dienone is 1. The topological polar surface area (TPSA) is 29.5 Å². The summed E-state index contributed by atoms with van der Waals surface area (Å²) >= 11 is 0. The highest BCUT2D eigenvalue weighted by atomic mass is 16.5. The third kappa shape index (κ3) is 3.67. The molecule has 0 N–H and O–H groups in total. The lowest BCUT2D eigenvalue weighted by Crippen LogP contribution is -2.27. The van der Waals surface area contributed by atoms with Crippen molar-refractivity contribution in [1.29, 1.82) is 0 Å². The molecule has 2 aromatic rings. The van der Waals surface area contributed by atoms with Gasteiger partial charge in [0, 0.05) is 13.1 Å². The van der Waals surface area contributed by atoms with Gasteiger partial charge in [-0.15, -0.1) is 0 Å². The van der Waals surface area contributed by atoms with E-state index in [4.69, 9.17) is 4.74 Å². The molecule has 0 unspecified atom stereocenters. The van der Waals surface area contributed by atoms with Crippen molar-refractivity contribution in [3.8, 4) is 0 Å². The van der Waals surface area contributed by atoms with Gasteiger partial charge in [0.25, 0.3) is 0 Å². The molecular formula is C21H23NO2. The maximum Gasteiger partial charge on any atom is 0.355 e. The summed E-state index contributed by atoms with van der Waals surface area (Å²) in [7, 11) is 0. The van der Waals surface area contributed by atoms with Crippen molar-refractivity contribution in [1.82, 2.24) is 4.90 Å². The highest BCUT2D eigenvalue weighted by molar-refractivity contribution is 5.88. The molecule has 1 heterocycles. The Bertz CT molecular complexity index is 649. The fourth-order valence-corrected chi connectivity index (χ4v) is 3.14. The number of hydrogen-bond donors (Lipinski definition) is 0. The van der Waals surface area contributed by atoms with Crippen LogP contribution < -0.4 is 0 Å². The Morgan fingerprint density at radius 3 is 1.92 bits per heavy atom. The first-order chi connectivity index (χ1) is 11.8. The van der Waals surface area contributed by atoms with E-state index in [1.807, 2.05) is 73.7 Å². The van der Waals surface area contributed by atoms with Crippen molar-refractivity contribution < 1.29 is 9.53 Å². The van der Waals surface area contributed by atoms with Gasteiger partial charge in [0.1, 0.15) is 5.70 Å². The van der Waals surface area contributed by atoms with Crippen molar-refractivity contribution in [3.05, 3.63) is 83.6 Å². The Labute approximate surface area is 143 Å². The SMILES string of the molecule is CC=C(C(=O)OC(c1ccccc1)c1ccccc1)N1CCCC1. The summed E-state index contributed by atoms with van der Waals surface area (Å²) in [6.45, 7) is 3.75. The molecule has 1 aliphatic rings. The Morgan fingerprint density at radius 2 is 1.46 bits per heavy atom. The Kier molecular flexibility index (Phi) is 5.32. The fraction of sp³-hybridized carbons (Fsp3) is 0.286. The summed E-state index contributed by atoms with van der Waals surface area (Å²) in [5, 5.41) is 0. The van der Waals surface area contributed by atoms with E-state index in [0.29, 0.717) is 5.70 Å². The number of hydrogen-bond acceptors (Lipinski definition) is 3. The Morgan fingerprint density at radius 1 is 0.958 bits per heavy atom. The zero-order valence-corrected chi connectivity index (χ0v) is 14.0. The molecule has 0 saturated carbocycles. The molecule has 1 fully saturated rings. The summed E-state index contributed by atoms with van der Waals surface area (Å²) < 4.78 is 5.94. The van der Waals surface area contributed by atoms with Crippen LogP contribution >= 0.6 is 0 Å². The Hall–Kier alpha value is -2.55. The second-order valence-electron chi connectivity index (χ2n) is 5.97. The molecule has 3 nitrogen and oxygen atoms in total. The second kappa shape index (κ2) is 7.82. The standard InChI is InChI=1S/C21H23NO2/c1-2-19(22-15-9-10-16-22)21(23)24-20(17-11-5-3-6-12-17)18-13-7-4-8-14-18/h2-8,11-14,20H,9-10,15-16H2,1H3. The van der Waals surface area contributed by atoms with Crippen LogP contribution in [0.4, 0.5) is 0 Å². The van der Waals surface area contributed by atoms with Crippen LogP contribution in [0.25, 0.3) is 0 Å². The second-order valence-corrected chi connectivity index (χ2v) is 5.97. The molecule has 24 heavy (non-hydrogen) atoms. The third-order valence-corrected chi connectivity index (χ3v) is 4.36. The molecule has 0 radical (unpaired) electrons. The van der Waals surface area contributed by atoms with E-state index in [1.165, 1.54) is 0 Å². The molecule has 3 rings (SSSR count). The first-order valence-corrected chi connectivity index (χ1v) is 8.51. The van der Waals surface area contributed by atoms with Gasteiger partial charge in [0.2, 0.25) is 0 Å². The lowest BCUT2D eigenvalue weighted by molar-refractivity contribution is -0.144. The number of nitrogens with zero attached hydrogens (tertiary/aromatic N) is 1. The quantitative estimate of drug-likeness (QED) is 0.607. The largest absolute Gasteiger partial charge is 0.448 e. The predicted molar refractivity (Wildman–Crippen MR) is 95.4 cm³/mol. The number of esters is 1. The molecule has 0 bridgehead atoms. The average molecular weight is 321 g/mol. The lowest BCUT2D eigenvalue weighted by atomic mass is 10.0. The van der Waals surface area contributed by atoms with Crippen LogP contribution in [0.2, 0.25) is 0 Å². The van der Waals surface area contributed by atoms with Crippen LogP contribution in [0.15, 0.2) is 72.4 Å². The molecule has 1 aliphatic heterocycles. The molecule has 0 amide bonds. The molecule has 0 aromatic heterocycles. The molecule has 0 aliphatic carbocycles. The molecule has 124 valence electrons. The first-order valence-electron chi connectivity index (χ1n) is 8.51. The van der Waals surface area contributed by atoms with Crippen LogP contribution in [-0.4, -0.2) is 24.0 Å². The van der Waals surface area contributed by atoms with Crippen molar-refractivity contribution in [3.63, 3.8) is 0 Å². The Balaban J connectivity index is 1.85. The molecule has 3 heteroatoms. The zero-order valence-electron chi connectivity index (χ0n) is 14.0. The van der Waals surface area contributed by atoms with E-state index >= 15 is 0 Å². The van der Waals surface area contributed by atoms with Gasteiger partial charge in [-0.2, -0.15) is 0 Å². The minimum atomic E-state index is -0.391. The number of rotatable bonds is 5. The van der Waals surface area contributed by atoms with E-state index in [0.717, 1.165) is 37.1 Å². The van der Waals surface area contributed by atoms with Gasteiger partial charge < -0.3 is 9.64 Å². The van der Waals surface area contributed by atoms with Gasteiger partial charge in [0.05, 0.1) is 0 Å². The van der Waals surface area contributed by atoms with Crippen LogP contribution in [-0.2, 0) is 9.53 Å². The number of carbonyl (C=O) groups is 1. The summed E-state index contributed by atoms with van der Waals surface area (Å²) in [5.41, 5.74) is 2.63. The van der Waals surface area contributed by atoms with E-state index in [9.17, 15) is 4.79 Å². The van der Waals surface area contributed by atoms with Gasteiger partial charge in [-0.3, -0.25) is 0 Å². The molecule has 0 spiro atoms. The molecule has 0 atom stereocenters. The summed E-state index contributed by atoms with van der Waals surface area (Å²) in [5.74, 6) is -0.253. The summed E-state index contributed by atoms with van der Waals surface area (Å²) in [4.78, 5) is 14.9. The average Bonchev–Trinajstić information content (AvgIpc) is 3.16. The van der Waals surface area contributed by atoms with E-state index < -0.39 is 6.10 Å². The minimum Gasteiger partial charge on any atom is -0.448 e. The van der Waals surface area contributed by atoms with Crippen molar-refractivity contribution in [2.24, 2.45) is 0 Å². The summed E-state index contributed by atoms with van der Waals surface area (Å²) in [6.07, 6.45) is 3.73. The highest BCUT2D eigenvalue weighted by Crippen LogP contribution is 2.28. The van der Waals surface area contributed by atoms with Crippen LogP contribution in [0.1, 0.15) is 37.0 Å². The van der Waals surface area contributed by atoms with Crippen molar-refractivity contribution in [2.45, 2.75) is 25.9 Å². The van der Waals surface area contributed by atoms with E-state index in [2.05, 4.69) is 4.90 Å². The molecular weight excluding hydrogens is 298 g/mol. The maximum absolute atomic E-state index is 12.8. The molecule has 1 saturated heterocycles. The van der Waals surface area contributed by atoms with Crippen LogP contribution in [0.3, 0.4) is 0 Å². The summed E-state index contributed by atoms with van der Waals surface area (Å²) in [6, 6.07) is 19.8. The monoisotopic (exact) mass is 321 g/mol. The highest BCUT2D eigenvalue weighted by Gasteiger charge is 2.25. The van der Waals surface area contributed by atoms with Crippen LogP contribution in [0.5, 0.6) is 0 Å². The van der Waals surface area contributed by atoms with Crippen LogP contribution in [0, 0.1) is 0 Å². The van der Waals surface area contributed by atoms with Gasteiger partial charge in [-0.05, 0) is 30.9 Å².